The molecule has 4 nitrogen and oxygen atoms in total. The largest absolute Gasteiger partial charge is 0.326 e. The number of aryl methyl sites for hydroxylation is 1. The highest BCUT2D eigenvalue weighted by molar-refractivity contribution is 6.31. The Hall–Kier alpha value is -2.04. The third kappa shape index (κ3) is 4.98. The summed E-state index contributed by atoms with van der Waals surface area (Å²) in [6.07, 6.45) is 0.164. The average molecular weight is 365 g/mol. The molecule has 0 aromatic heterocycles. The Balaban J connectivity index is 2.00. The van der Waals surface area contributed by atoms with Gasteiger partial charge in [-0.05, 0) is 42.8 Å². The number of rotatable bonds is 5. The van der Waals surface area contributed by atoms with Gasteiger partial charge in [-0.2, -0.15) is 0 Å². The average Bonchev–Trinajstić information content (AvgIpc) is 2.51. The van der Waals surface area contributed by atoms with Crippen molar-refractivity contribution in [3.05, 3.63) is 58.1 Å². The zero-order valence-corrected chi connectivity index (χ0v) is 15.0. The van der Waals surface area contributed by atoms with Gasteiger partial charge in [0.05, 0.1) is 0 Å². The number of anilines is 2. The Morgan fingerprint density at radius 3 is 2.50 bits per heavy atom. The molecule has 0 radical (unpaired) electrons. The fourth-order valence-corrected chi connectivity index (χ4v) is 2.58. The Labute approximate surface area is 151 Å². The number of amides is 2. The van der Waals surface area contributed by atoms with E-state index in [-0.39, 0.29) is 24.8 Å². The molecule has 0 fully saturated rings. The minimum absolute atomic E-state index is 0.150. The molecule has 0 heterocycles. The molecular formula is C18H18Cl2N2O2. The van der Waals surface area contributed by atoms with Crippen molar-refractivity contribution >= 4 is 46.4 Å². The van der Waals surface area contributed by atoms with Gasteiger partial charge < -0.3 is 10.2 Å². The molecule has 24 heavy (non-hydrogen) atoms. The first-order valence-corrected chi connectivity index (χ1v) is 8.22. The van der Waals surface area contributed by atoms with E-state index in [9.17, 15) is 9.59 Å². The summed E-state index contributed by atoms with van der Waals surface area (Å²) in [6, 6.07) is 12.3. The van der Waals surface area contributed by atoms with E-state index in [1.807, 2.05) is 13.0 Å². The van der Waals surface area contributed by atoms with E-state index in [1.165, 1.54) is 11.8 Å². The van der Waals surface area contributed by atoms with Gasteiger partial charge >= 0.3 is 0 Å². The van der Waals surface area contributed by atoms with Crippen LogP contribution in [0.4, 0.5) is 11.4 Å². The van der Waals surface area contributed by atoms with Crippen molar-refractivity contribution in [2.24, 2.45) is 0 Å². The van der Waals surface area contributed by atoms with Gasteiger partial charge in [0.1, 0.15) is 0 Å². The Morgan fingerprint density at radius 1 is 1.12 bits per heavy atom. The monoisotopic (exact) mass is 364 g/mol. The zero-order valence-electron chi connectivity index (χ0n) is 13.5. The first-order valence-electron chi connectivity index (χ1n) is 7.46. The Kier molecular flexibility index (Phi) is 6.23. The number of hydrogen-bond donors (Lipinski definition) is 1. The summed E-state index contributed by atoms with van der Waals surface area (Å²) in [5.74, 6) is -0.341. The lowest BCUT2D eigenvalue weighted by molar-refractivity contribution is -0.117. The molecule has 0 atom stereocenters. The normalized spacial score (nSPS) is 10.3. The van der Waals surface area contributed by atoms with Crippen LogP contribution < -0.4 is 10.2 Å². The van der Waals surface area contributed by atoms with Crippen LogP contribution in [0.5, 0.6) is 0 Å². The highest BCUT2D eigenvalue weighted by atomic mass is 35.5. The van der Waals surface area contributed by atoms with Crippen LogP contribution in [0.3, 0.4) is 0 Å². The van der Waals surface area contributed by atoms with Crippen molar-refractivity contribution in [3.63, 3.8) is 0 Å². The van der Waals surface area contributed by atoms with E-state index in [4.69, 9.17) is 23.2 Å². The van der Waals surface area contributed by atoms with Crippen molar-refractivity contribution in [1.82, 2.24) is 0 Å². The number of benzene rings is 2. The number of nitrogens with one attached hydrogen (secondary N) is 1. The van der Waals surface area contributed by atoms with Crippen LogP contribution in [-0.4, -0.2) is 18.4 Å². The van der Waals surface area contributed by atoms with Gasteiger partial charge in [-0.1, -0.05) is 35.3 Å². The second-order valence-corrected chi connectivity index (χ2v) is 6.26. The summed E-state index contributed by atoms with van der Waals surface area (Å²) in [7, 11) is 0. The van der Waals surface area contributed by atoms with Gasteiger partial charge in [-0.3, -0.25) is 9.59 Å². The van der Waals surface area contributed by atoms with Crippen LogP contribution in [0.25, 0.3) is 0 Å². The molecule has 126 valence electrons. The first-order chi connectivity index (χ1) is 11.4. The maximum atomic E-state index is 12.1. The molecule has 6 heteroatoms. The van der Waals surface area contributed by atoms with Crippen molar-refractivity contribution in [1.29, 1.82) is 0 Å². The van der Waals surface area contributed by atoms with E-state index < -0.39 is 0 Å². The second kappa shape index (κ2) is 8.18. The predicted octanol–water partition coefficient (Wildman–Crippen LogP) is 4.68. The van der Waals surface area contributed by atoms with Crippen LogP contribution in [0.1, 0.15) is 18.9 Å². The maximum Gasteiger partial charge on any atom is 0.226 e. The predicted molar refractivity (Wildman–Crippen MR) is 98.9 cm³/mol. The van der Waals surface area contributed by atoms with Crippen molar-refractivity contribution in [2.75, 3.05) is 16.8 Å². The van der Waals surface area contributed by atoms with E-state index in [0.29, 0.717) is 21.4 Å². The van der Waals surface area contributed by atoms with Crippen LogP contribution in [0.15, 0.2) is 42.5 Å². The van der Waals surface area contributed by atoms with Gasteiger partial charge in [-0.15, -0.1) is 0 Å². The molecule has 0 saturated heterocycles. The van der Waals surface area contributed by atoms with Gasteiger partial charge in [0.25, 0.3) is 0 Å². The zero-order chi connectivity index (χ0) is 17.7. The second-order valence-electron chi connectivity index (χ2n) is 5.41. The Morgan fingerprint density at radius 2 is 1.88 bits per heavy atom. The molecule has 2 aromatic rings. The smallest absolute Gasteiger partial charge is 0.226 e. The van der Waals surface area contributed by atoms with E-state index >= 15 is 0 Å². The topological polar surface area (TPSA) is 49.4 Å². The molecule has 0 aliphatic rings. The van der Waals surface area contributed by atoms with Crippen LogP contribution >= 0.6 is 23.2 Å². The van der Waals surface area contributed by atoms with Gasteiger partial charge in [-0.25, -0.2) is 0 Å². The lowest BCUT2D eigenvalue weighted by atomic mass is 10.2. The highest BCUT2D eigenvalue weighted by Gasteiger charge is 2.14. The lowest BCUT2D eigenvalue weighted by Gasteiger charge is -2.21. The molecule has 2 amide bonds. The first kappa shape index (κ1) is 18.3. The standard InChI is InChI=1S/C18H18Cl2N2O2/c1-12-6-7-15(11-17(12)20)21-18(24)8-9-22(13(2)23)16-5-3-4-14(19)10-16/h3-7,10-11H,8-9H2,1-2H3,(H,21,24). The molecule has 0 spiro atoms. The minimum atomic E-state index is -0.191. The summed E-state index contributed by atoms with van der Waals surface area (Å²) < 4.78 is 0. The van der Waals surface area contributed by atoms with Gasteiger partial charge in [0, 0.05) is 41.3 Å². The minimum Gasteiger partial charge on any atom is -0.326 e. The lowest BCUT2D eigenvalue weighted by Crippen LogP contribution is -2.31. The molecule has 0 bridgehead atoms. The fourth-order valence-electron chi connectivity index (χ4n) is 2.22. The van der Waals surface area contributed by atoms with Gasteiger partial charge in [0.15, 0.2) is 0 Å². The highest BCUT2D eigenvalue weighted by Crippen LogP contribution is 2.21. The molecule has 2 rings (SSSR count). The molecule has 0 saturated carbocycles. The molecule has 1 N–H and O–H groups in total. The fraction of sp³-hybridized carbons (Fsp3) is 0.222. The summed E-state index contributed by atoms with van der Waals surface area (Å²) in [6.45, 7) is 3.61. The number of carbonyl (C=O) groups excluding carboxylic acids is 2. The molecule has 0 aliphatic carbocycles. The summed E-state index contributed by atoms with van der Waals surface area (Å²) in [5, 5.41) is 3.91. The van der Waals surface area contributed by atoms with Gasteiger partial charge in [0.2, 0.25) is 11.8 Å². The SMILES string of the molecule is CC(=O)N(CCC(=O)Nc1ccc(C)c(Cl)c1)c1cccc(Cl)c1. The maximum absolute atomic E-state index is 12.1. The third-order valence-corrected chi connectivity index (χ3v) is 4.16. The number of hydrogen-bond acceptors (Lipinski definition) is 2. The summed E-state index contributed by atoms with van der Waals surface area (Å²) in [4.78, 5) is 25.5. The van der Waals surface area contributed by atoms with Crippen LogP contribution in [-0.2, 0) is 9.59 Å². The summed E-state index contributed by atoms with van der Waals surface area (Å²) in [5.41, 5.74) is 2.24. The van der Waals surface area contributed by atoms with Crippen molar-refractivity contribution in [3.8, 4) is 0 Å². The summed E-state index contributed by atoms with van der Waals surface area (Å²) >= 11 is 12.0. The number of nitrogens with zero attached hydrogens (tertiary/aromatic N) is 1. The van der Waals surface area contributed by atoms with Crippen molar-refractivity contribution < 1.29 is 9.59 Å². The number of carbonyl (C=O) groups is 2. The van der Waals surface area contributed by atoms with Crippen LogP contribution in [0.2, 0.25) is 10.0 Å². The quantitative estimate of drug-likeness (QED) is 0.836. The van der Waals surface area contributed by atoms with Crippen molar-refractivity contribution in [2.45, 2.75) is 20.3 Å². The Bertz CT molecular complexity index is 762. The van der Waals surface area contributed by atoms with Crippen LogP contribution in [0, 0.1) is 6.92 Å². The molecule has 0 aliphatic heterocycles. The third-order valence-electron chi connectivity index (χ3n) is 3.52. The number of halogens is 2. The molecule has 0 unspecified atom stereocenters. The van der Waals surface area contributed by atoms with E-state index in [2.05, 4.69) is 5.32 Å². The van der Waals surface area contributed by atoms with E-state index in [0.717, 1.165) is 5.56 Å². The molecule has 2 aromatic carbocycles. The molecular weight excluding hydrogens is 347 g/mol. The van der Waals surface area contributed by atoms with E-state index in [1.54, 1.807) is 36.4 Å².